The van der Waals surface area contributed by atoms with Gasteiger partial charge in [-0.25, -0.2) is 18.6 Å². The second-order valence-electron chi connectivity index (χ2n) is 3.98. The third kappa shape index (κ3) is 3.07. The lowest BCUT2D eigenvalue weighted by Crippen LogP contribution is -2.29. The quantitative estimate of drug-likeness (QED) is 0.671. The van der Waals surface area contributed by atoms with Crippen LogP contribution < -0.4 is 11.3 Å². The van der Waals surface area contributed by atoms with Crippen LogP contribution in [0.2, 0.25) is 5.02 Å². The normalized spacial score (nSPS) is 12.5. The zero-order valence-electron chi connectivity index (χ0n) is 9.63. The third-order valence-electron chi connectivity index (χ3n) is 2.66. The first kappa shape index (κ1) is 13.9. The number of hydrogen-bond donors (Lipinski definition) is 2. The molecule has 0 radical (unpaired) electrons. The Morgan fingerprint density at radius 3 is 2.11 bits per heavy atom. The van der Waals surface area contributed by atoms with Crippen LogP contribution in [0, 0.1) is 17.5 Å². The molecule has 2 nitrogen and oxygen atoms in total. The summed E-state index contributed by atoms with van der Waals surface area (Å²) in [5.41, 5.74) is 3.20. The first-order valence-corrected chi connectivity index (χ1v) is 5.76. The van der Waals surface area contributed by atoms with Gasteiger partial charge in [0, 0.05) is 6.07 Å². The minimum atomic E-state index is -0.719. The van der Waals surface area contributed by atoms with Crippen LogP contribution in [0.25, 0.3) is 0 Å². The standard InChI is InChI=1S/C13H10ClF3N2/c14-11-5-7(1-2-12(11)17)13(19-18)8-3-9(15)6-10(16)4-8/h1-6,13,19H,18H2. The molecule has 1 atom stereocenters. The molecule has 0 aliphatic heterocycles. The van der Waals surface area contributed by atoms with Crippen LogP contribution in [-0.4, -0.2) is 0 Å². The monoisotopic (exact) mass is 286 g/mol. The predicted octanol–water partition coefficient (Wildman–Crippen LogP) is 3.31. The average molecular weight is 287 g/mol. The van der Waals surface area contributed by atoms with Crippen molar-refractivity contribution in [2.24, 2.45) is 5.84 Å². The first-order chi connectivity index (χ1) is 9.01. The lowest BCUT2D eigenvalue weighted by Gasteiger charge is -2.17. The van der Waals surface area contributed by atoms with Crippen molar-refractivity contribution in [2.45, 2.75) is 6.04 Å². The maximum absolute atomic E-state index is 13.2. The van der Waals surface area contributed by atoms with E-state index in [2.05, 4.69) is 5.43 Å². The highest BCUT2D eigenvalue weighted by molar-refractivity contribution is 6.30. The Kier molecular flexibility index (Phi) is 4.09. The average Bonchev–Trinajstić information content (AvgIpc) is 2.33. The fraction of sp³-hybridized carbons (Fsp3) is 0.0769. The molecule has 0 aliphatic carbocycles. The highest BCUT2D eigenvalue weighted by Crippen LogP contribution is 2.26. The van der Waals surface area contributed by atoms with Crippen molar-refractivity contribution < 1.29 is 13.2 Å². The van der Waals surface area contributed by atoms with Crippen molar-refractivity contribution in [3.05, 3.63) is 70.0 Å². The molecule has 1 unspecified atom stereocenters. The molecule has 100 valence electrons. The summed E-state index contributed by atoms with van der Waals surface area (Å²) in [4.78, 5) is 0. The zero-order valence-corrected chi connectivity index (χ0v) is 10.4. The van der Waals surface area contributed by atoms with Gasteiger partial charge in [0.2, 0.25) is 0 Å². The first-order valence-electron chi connectivity index (χ1n) is 5.38. The van der Waals surface area contributed by atoms with E-state index < -0.39 is 23.5 Å². The highest BCUT2D eigenvalue weighted by Gasteiger charge is 2.16. The second-order valence-corrected chi connectivity index (χ2v) is 4.38. The topological polar surface area (TPSA) is 38.0 Å². The van der Waals surface area contributed by atoms with Gasteiger partial charge in [-0.1, -0.05) is 17.7 Å². The van der Waals surface area contributed by atoms with Gasteiger partial charge in [-0.3, -0.25) is 5.84 Å². The third-order valence-corrected chi connectivity index (χ3v) is 2.95. The van der Waals surface area contributed by atoms with Gasteiger partial charge in [0.15, 0.2) is 0 Å². The van der Waals surface area contributed by atoms with E-state index >= 15 is 0 Å². The number of nitrogens with two attached hydrogens (primary N) is 1. The van der Waals surface area contributed by atoms with Gasteiger partial charge in [0.05, 0.1) is 11.1 Å². The van der Waals surface area contributed by atoms with Gasteiger partial charge >= 0.3 is 0 Å². The molecule has 0 saturated carbocycles. The summed E-state index contributed by atoms with van der Waals surface area (Å²) < 4.78 is 39.5. The molecule has 0 aliphatic rings. The van der Waals surface area contributed by atoms with Gasteiger partial charge in [-0.2, -0.15) is 0 Å². The molecule has 2 aromatic carbocycles. The Morgan fingerprint density at radius 1 is 0.947 bits per heavy atom. The summed E-state index contributed by atoms with van der Waals surface area (Å²) in [5.74, 6) is 3.38. The number of benzene rings is 2. The second kappa shape index (κ2) is 5.61. The van der Waals surface area contributed by atoms with Crippen LogP contribution in [-0.2, 0) is 0 Å². The SMILES string of the molecule is NNC(c1cc(F)cc(F)c1)c1ccc(F)c(Cl)c1. The number of rotatable bonds is 3. The summed E-state index contributed by atoms with van der Waals surface area (Å²) >= 11 is 5.67. The smallest absolute Gasteiger partial charge is 0.141 e. The van der Waals surface area contributed by atoms with Crippen molar-refractivity contribution in [2.75, 3.05) is 0 Å². The van der Waals surface area contributed by atoms with Crippen molar-refractivity contribution in [3.8, 4) is 0 Å². The van der Waals surface area contributed by atoms with Crippen molar-refractivity contribution in [3.63, 3.8) is 0 Å². The van der Waals surface area contributed by atoms with Crippen molar-refractivity contribution >= 4 is 11.6 Å². The Hall–Kier alpha value is -1.56. The van der Waals surface area contributed by atoms with E-state index in [9.17, 15) is 13.2 Å². The van der Waals surface area contributed by atoms with E-state index in [1.54, 1.807) is 0 Å². The van der Waals surface area contributed by atoms with Crippen LogP contribution in [0.15, 0.2) is 36.4 Å². The molecule has 0 amide bonds. The Bertz CT molecular complexity index is 584. The molecule has 0 saturated heterocycles. The minimum absolute atomic E-state index is 0.0883. The summed E-state index contributed by atoms with van der Waals surface area (Å²) in [6.45, 7) is 0. The molecule has 2 rings (SSSR count). The van der Waals surface area contributed by atoms with Crippen LogP contribution in [0.1, 0.15) is 17.2 Å². The molecule has 0 spiro atoms. The van der Waals surface area contributed by atoms with Crippen LogP contribution >= 0.6 is 11.6 Å². The lowest BCUT2D eigenvalue weighted by molar-refractivity contribution is 0.565. The largest absolute Gasteiger partial charge is 0.271 e. The van der Waals surface area contributed by atoms with Crippen LogP contribution in [0.4, 0.5) is 13.2 Å². The maximum atomic E-state index is 13.2. The summed E-state index contributed by atoms with van der Waals surface area (Å²) in [6.07, 6.45) is 0. The Morgan fingerprint density at radius 2 is 1.58 bits per heavy atom. The van der Waals surface area contributed by atoms with E-state index in [1.807, 2.05) is 0 Å². The maximum Gasteiger partial charge on any atom is 0.141 e. The molecule has 6 heteroatoms. The van der Waals surface area contributed by atoms with Gasteiger partial charge in [0.1, 0.15) is 17.5 Å². The molecular weight excluding hydrogens is 277 g/mol. The van der Waals surface area contributed by atoms with Gasteiger partial charge in [-0.05, 0) is 35.4 Å². The highest BCUT2D eigenvalue weighted by atomic mass is 35.5. The molecule has 2 aromatic rings. The van der Waals surface area contributed by atoms with Gasteiger partial charge in [0.25, 0.3) is 0 Å². The lowest BCUT2D eigenvalue weighted by atomic mass is 9.99. The molecule has 0 aromatic heterocycles. The van der Waals surface area contributed by atoms with Crippen molar-refractivity contribution in [1.82, 2.24) is 5.43 Å². The number of hydrazine groups is 1. The Labute approximate surface area is 113 Å². The zero-order chi connectivity index (χ0) is 14.0. The number of nitrogens with one attached hydrogen (secondary N) is 1. The number of halogens is 4. The fourth-order valence-corrected chi connectivity index (χ4v) is 2.01. The van der Waals surface area contributed by atoms with Crippen LogP contribution in [0.5, 0.6) is 0 Å². The van der Waals surface area contributed by atoms with Gasteiger partial charge < -0.3 is 0 Å². The number of hydrogen-bond acceptors (Lipinski definition) is 2. The van der Waals surface area contributed by atoms with Gasteiger partial charge in [-0.15, -0.1) is 0 Å². The Balaban J connectivity index is 2.46. The minimum Gasteiger partial charge on any atom is -0.271 e. The summed E-state index contributed by atoms with van der Waals surface area (Å²) in [6, 6.07) is 6.31. The molecular formula is C13H10ClF3N2. The summed E-state index contributed by atoms with van der Waals surface area (Å²) in [5, 5.41) is -0.0883. The fourth-order valence-electron chi connectivity index (χ4n) is 1.82. The predicted molar refractivity (Wildman–Crippen MR) is 66.9 cm³/mol. The molecule has 0 bridgehead atoms. The van der Waals surface area contributed by atoms with E-state index in [4.69, 9.17) is 17.4 Å². The van der Waals surface area contributed by atoms with Crippen LogP contribution in [0.3, 0.4) is 0 Å². The molecule has 19 heavy (non-hydrogen) atoms. The van der Waals surface area contributed by atoms with E-state index in [0.29, 0.717) is 5.56 Å². The summed E-state index contributed by atoms with van der Waals surface area (Å²) in [7, 11) is 0. The molecule has 0 fully saturated rings. The van der Waals surface area contributed by atoms with E-state index in [1.165, 1.54) is 12.1 Å². The van der Waals surface area contributed by atoms with E-state index in [0.717, 1.165) is 24.3 Å². The van der Waals surface area contributed by atoms with E-state index in [-0.39, 0.29) is 10.6 Å². The molecule has 3 N–H and O–H groups in total. The van der Waals surface area contributed by atoms with Crippen molar-refractivity contribution in [1.29, 1.82) is 0 Å². The molecule has 0 heterocycles.